The Morgan fingerprint density at radius 2 is 2.09 bits per heavy atom. The van der Waals surface area contributed by atoms with Crippen LogP contribution >= 0.6 is 11.3 Å². The first-order valence-electron chi connectivity index (χ1n) is 7.38. The van der Waals surface area contributed by atoms with Gasteiger partial charge in [-0.05, 0) is 24.0 Å². The van der Waals surface area contributed by atoms with E-state index in [-0.39, 0.29) is 5.41 Å². The zero-order valence-corrected chi connectivity index (χ0v) is 13.5. The summed E-state index contributed by atoms with van der Waals surface area (Å²) in [6, 6.07) is 7.51. The van der Waals surface area contributed by atoms with Crippen LogP contribution in [-0.4, -0.2) is 45.2 Å². The molecule has 0 radical (unpaired) electrons. The van der Waals surface area contributed by atoms with Crippen molar-refractivity contribution >= 4 is 27.5 Å². The first kappa shape index (κ1) is 15.4. The van der Waals surface area contributed by atoms with Crippen LogP contribution in [0.5, 0.6) is 0 Å². The van der Waals surface area contributed by atoms with Gasteiger partial charge in [0, 0.05) is 13.1 Å². The van der Waals surface area contributed by atoms with Crippen molar-refractivity contribution in [3.63, 3.8) is 0 Å². The van der Waals surface area contributed by atoms with Crippen molar-refractivity contribution in [2.24, 2.45) is 5.41 Å². The Labute approximate surface area is 133 Å². The number of thiazole rings is 1. The summed E-state index contributed by atoms with van der Waals surface area (Å²) in [4.78, 5) is 18.3. The number of hydrogen-bond donors (Lipinski definition) is 2. The topological polar surface area (TPSA) is 73.7 Å². The number of carbonyl (C=O) groups excluding carboxylic acids is 1. The first-order valence-corrected chi connectivity index (χ1v) is 8.19. The zero-order valence-electron chi connectivity index (χ0n) is 12.7. The van der Waals surface area contributed by atoms with E-state index in [0.29, 0.717) is 18.1 Å². The van der Waals surface area contributed by atoms with Gasteiger partial charge in [-0.1, -0.05) is 26.0 Å². The molecule has 1 amide bonds. The van der Waals surface area contributed by atoms with Crippen LogP contribution in [0.4, 0.5) is 0 Å². The van der Waals surface area contributed by atoms with Crippen LogP contribution in [0.3, 0.4) is 0 Å². The molecule has 0 saturated carbocycles. The quantitative estimate of drug-likeness (QED) is 0.906. The minimum absolute atomic E-state index is 0.0657. The lowest BCUT2D eigenvalue weighted by atomic mass is 9.93. The second-order valence-corrected chi connectivity index (χ2v) is 7.65. The third-order valence-corrected chi connectivity index (χ3v) is 5.21. The number of carbonyl (C=O) groups is 1. The molecule has 1 aliphatic rings. The van der Waals surface area contributed by atoms with E-state index in [9.17, 15) is 15.0 Å². The van der Waals surface area contributed by atoms with Gasteiger partial charge in [0.15, 0.2) is 6.10 Å². The van der Waals surface area contributed by atoms with Crippen LogP contribution in [0.15, 0.2) is 24.3 Å². The summed E-state index contributed by atoms with van der Waals surface area (Å²) in [6.45, 7) is 5.41. The van der Waals surface area contributed by atoms with Crippen LogP contribution in [0.1, 0.15) is 31.4 Å². The lowest BCUT2D eigenvalue weighted by Crippen LogP contribution is -2.41. The number of aliphatic hydroxyl groups excluding tert-OH is 2. The number of fused-ring (bicyclic) bond motifs is 1. The van der Waals surface area contributed by atoms with E-state index < -0.39 is 18.1 Å². The average Bonchev–Trinajstić information content (AvgIpc) is 3.07. The fourth-order valence-corrected chi connectivity index (χ4v) is 3.76. The fraction of sp³-hybridized carbons (Fsp3) is 0.500. The number of benzene rings is 1. The molecule has 2 heterocycles. The van der Waals surface area contributed by atoms with Crippen molar-refractivity contribution < 1.29 is 15.0 Å². The molecule has 1 aliphatic heterocycles. The molecular weight excluding hydrogens is 300 g/mol. The van der Waals surface area contributed by atoms with Crippen molar-refractivity contribution in [3.8, 4) is 0 Å². The lowest BCUT2D eigenvalue weighted by molar-refractivity contribution is -0.145. The van der Waals surface area contributed by atoms with Gasteiger partial charge in [0.2, 0.25) is 0 Å². The van der Waals surface area contributed by atoms with Gasteiger partial charge in [0.05, 0.1) is 10.2 Å². The predicted octanol–water partition coefficient (Wildman–Crippen LogP) is 1.95. The Bertz CT molecular complexity index is 665. The van der Waals surface area contributed by atoms with Crippen molar-refractivity contribution in [2.75, 3.05) is 13.1 Å². The van der Waals surface area contributed by atoms with Crippen LogP contribution in [0.2, 0.25) is 0 Å². The Balaban J connectivity index is 1.76. The molecule has 0 spiro atoms. The summed E-state index contributed by atoms with van der Waals surface area (Å²) in [5.74, 6) is -0.419. The number of aliphatic hydroxyl groups is 2. The van der Waals surface area contributed by atoms with E-state index in [0.717, 1.165) is 16.6 Å². The monoisotopic (exact) mass is 320 g/mol. The molecule has 1 aromatic carbocycles. The summed E-state index contributed by atoms with van der Waals surface area (Å²) in [6.07, 6.45) is -1.84. The molecule has 2 atom stereocenters. The van der Waals surface area contributed by atoms with Crippen molar-refractivity contribution in [1.29, 1.82) is 0 Å². The molecule has 2 unspecified atom stereocenters. The largest absolute Gasteiger partial charge is 0.383 e. The van der Waals surface area contributed by atoms with Gasteiger partial charge in [-0.15, -0.1) is 11.3 Å². The van der Waals surface area contributed by atoms with E-state index in [1.54, 1.807) is 4.90 Å². The van der Waals surface area contributed by atoms with Crippen LogP contribution in [0, 0.1) is 5.41 Å². The molecule has 22 heavy (non-hydrogen) atoms. The molecule has 1 saturated heterocycles. The molecule has 6 heteroatoms. The maximum Gasteiger partial charge on any atom is 0.254 e. The Morgan fingerprint density at radius 1 is 1.36 bits per heavy atom. The van der Waals surface area contributed by atoms with Gasteiger partial charge < -0.3 is 15.1 Å². The molecule has 3 rings (SSSR count). The van der Waals surface area contributed by atoms with Gasteiger partial charge in [0.1, 0.15) is 11.1 Å². The van der Waals surface area contributed by atoms with E-state index in [4.69, 9.17) is 0 Å². The third kappa shape index (κ3) is 2.86. The van der Waals surface area contributed by atoms with Gasteiger partial charge in [-0.2, -0.15) is 0 Å². The minimum atomic E-state index is -1.46. The lowest BCUT2D eigenvalue weighted by Gasteiger charge is -2.24. The molecule has 0 bridgehead atoms. The number of hydrogen-bond acceptors (Lipinski definition) is 5. The highest BCUT2D eigenvalue weighted by Gasteiger charge is 2.37. The summed E-state index contributed by atoms with van der Waals surface area (Å²) in [5, 5.41) is 20.9. The molecule has 1 aromatic heterocycles. The van der Waals surface area contributed by atoms with E-state index in [1.807, 2.05) is 24.3 Å². The highest BCUT2D eigenvalue weighted by Crippen LogP contribution is 2.32. The maximum atomic E-state index is 12.4. The highest BCUT2D eigenvalue weighted by molar-refractivity contribution is 7.18. The van der Waals surface area contributed by atoms with Crippen molar-refractivity contribution in [1.82, 2.24) is 9.88 Å². The number of likely N-dealkylation sites (tertiary alicyclic amines) is 1. The minimum Gasteiger partial charge on any atom is -0.383 e. The van der Waals surface area contributed by atoms with Crippen molar-refractivity contribution in [2.45, 2.75) is 32.5 Å². The maximum absolute atomic E-state index is 12.4. The van der Waals surface area contributed by atoms with Gasteiger partial charge >= 0.3 is 0 Å². The van der Waals surface area contributed by atoms with Crippen LogP contribution in [0.25, 0.3) is 10.2 Å². The second-order valence-electron chi connectivity index (χ2n) is 6.58. The van der Waals surface area contributed by atoms with Crippen LogP contribution < -0.4 is 0 Å². The predicted molar refractivity (Wildman–Crippen MR) is 85.6 cm³/mol. The normalized spacial score (nSPS) is 20.3. The molecule has 2 N–H and O–H groups in total. The third-order valence-electron chi connectivity index (χ3n) is 4.10. The zero-order chi connectivity index (χ0) is 15.9. The second kappa shape index (κ2) is 5.61. The Kier molecular flexibility index (Phi) is 3.92. The van der Waals surface area contributed by atoms with Crippen molar-refractivity contribution in [3.05, 3.63) is 29.3 Å². The molecule has 1 fully saturated rings. The Hall–Kier alpha value is -1.50. The van der Waals surface area contributed by atoms with E-state index in [1.165, 1.54) is 11.3 Å². The molecule has 0 aliphatic carbocycles. The summed E-state index contributed by atoms with van der Waals surface area (Å²) in [5.41, 5.74) is 0.833. The smallest absolute Gasteiger partial charge is 0.254 e. The number of nitrogens with zero attached hydrogens (tertiary/aromatic N) is 2. The number of para-hydroxylation sites is 1. The van der Waals surface area contributed by atoms with Gasteiger partial charge in [-0.3, -0.25) is 4.79 Å². The fourth-order valence-electron chi connectivity index (χ4n) is 2.77. The standard InChI is InChI=1S/C16H20N2O3S/c1-16(2)7-8-18(9-16)15(21)13(20)12(19)14-17-10-5-3-4-6-11(10)22-14/h3-6,12-13,19-20H,7-9H2,1-2H3. The Morgan fingerprint density at radius 3 is 2.73 bits per heavy atom. The summed E-state index contributed by atoms with van der Waals surface area (Å²) in [7, 11) is 0. The van der Waals surface area contributed by atoms with Crippen LogP contribution in [-0.2, 0) is 4.79 Å². The molecule has 5 nitrogen and oxygen atoms in total. The number of aromatic nitrogens is 1. The van der Waals surface area contributed by atoms with Gasteiger partial charge in [0.25, 0.3) is 5.91 Å². The van der Waals surface area contributed by atoms with Gasteiger partial charge in [-0.25, -0.2) is 4.98 Å². The highest BCUT2D eigenvalue weighted by atomic mass is 32.1. The van der Waals surface area contributed by atoms with E-state index >= 15 is 0 Å². The molecular formula is C16H20N2O3S. The number of amides is 1. The molecule has 118 valence electrons. The molecule has 2 aromatic rings. The number of rotatable bonds is 3. The first-order chi connectivity index (χ1) is 10.4. The summed E-state index contributed by atoms with van der Waals surface area (Å²) < 4.78 is 0.929. The van der Waals surface area contributed by atoms with E-state index in [2.05, 4.69) is 18.8 Å². The average molecular weight is 320 g/mol. The summed E-state index contributed by atoms with van der Waals surface area (Å²) >= 11 is 1.30. The SMILES string of the molecule is CC1(C)CCN(C(=O)C(O)C(O)c2nc3ccccc3s2)C1.